The molecule has 0 heterocycles. The Balaban J connectivity index is 1.47. The number of nitrogens with one attached hydrogen (secondary N) is 1. The maximum atomic E-state index is 12.7. The Bertz CT molecular complexity index is 1270. The van der Waals surface area contributed by atoms with Crippen LogP contribution in [0.3, 0.4) is 0 Å². The predicted octanol–water partition coefficient (Wildman–Crippen LogP) is 4.99. The predicted molar refractivity (Wildman–Crippen MR) is 132 cm³/mol. The minimum Gasteiger partial charge on any atom is -0.326 e. The van der Waals surface area contributed by atoms with E-state index in [0.29, 0.717) is 6.42 Å². The van der Waals surface area contributed by atoms with Crippen molar-refractivity contribution in [3.63, 3.8) is 0 Å². The van der Waals surface area contributed by atoms with E-state index >= 15 is 0 Å². The number of benzene rings is 3. The van der Waals surface area contributed by atoms with Gasteiger partial charge in [0.1, 0.15) is 0 Å². The van der Waals surface area contributed by atoms with Crippen LogP contribution in [0.5, 0.6) is 0 Å². The van der Waals surface area contributed by atoms with Gasteiger partial charge in [0.05, 0.1) is 11.9 Å². The average Bonchev–Trinajstić information content (AvgIpc) is 3.17. The molecule has 0 aliphatic heterocycles. The van der Waals surface area contributed by atoms with E-state index in [1.807, 2.05) is 44.2 Å². The molecule has 32 heavy (non-hydrogen) atoms. The Morgan fingerprint density at radius 2 is 1.75 bits per heavy atom. The molecule has 4 rings (SSSR count). The van der Waals surface area contributed by atoms with Gasteiger partial charge in [-0.2, -0.15) is 0 Å². The smallest absolute Gasteiger partial charge is 0.232 e. The Morgan fingerprint density at radius 1 is 1.03 bits per heavy atom. The molecule has 0 atom stereocenters. The van der Waals surface area contributed by atoms with Crippen molar-refractivity contribution in [2.75, 3.05) is 22.4 Å². The summed E-state index contributed by atoms with van der Waals surface area (Å²) in [6, 6.07) is 16.2. The summed E-state index contributed by atoms with van der Waals surface area (Å²) in [5.74, 6) is -0.0994. The van der Waals surface area contributed by atoms with Crippen molar-refractivity contribution in [1.82, 2.24) is 0 Å². The lowest BCUT2D eigenvalue weighted by Gasteiger charge is -2.26. The molecule has 3 aromatic carbocycles. The lowest BCUT2D eigenvalue weighted by Crippen LogP contribution is -2.33. The van der Waals surface area contributed by atoms with Crippen molar-refractivity contribution in [3.8, 4) is 0 Å². The minimum absolute atomic E-state index is 0.0994. The van der Waals surface area contributed by atoms with Crippen LogP contribution in [0.1, 0.15) is 42.0 Å². The van der Waals surface area contributed by atoms with Gasteiger partial charge in [0.25, 0.3) is 0 Å². The van der Waals surface area contributed by atoms with Gasteiger partial charge in [-0.15, -0.1) is 0 Å². The Morgan fingerprint density at radius 3 is 2.47 bits per heavy atom. The molecule has 0 saturated carbocycles. The third kappa shape index (κ3) is 4.37. The van der Waals surface area contributed by atoms with Crippen LogP contribution in [0, 0.1) is 6.92 Å². The number of para-hydroxylation sites is 1. The first-order valence-corrected chi connectivity index (χ1v) is 13.0. The number of hydrogen-bond acceptors (Lipinski definition) is 3. The molecule has 5 nitrogen and oxygen atoms in total. The molecule has 0 saturated heterocycles. The SMILES string of the molecule is CCc1cccc(C)c1N(CCCC(=O)Nc1ccc2c3c(cccc13)CC2)S(C)(=O)=O. The number of sulfonamides is 1. The zero-order chi connectivity index (χ0) is 22.9. The second kappa shape index (κ2) is 8.94. The van der Waals surface area contributed by atoms with Gasteiger partial charge < -0.3 is 5.32 Å². The van der Waals surface area contributed by atoms with E-state index in [0.717, 1.165) is 47.2 Å². The third-order valence-corrected chi connectivity index (χ3v) is 7.43. The van der Waals surface area contributed by atoms with Gasteiger partial charge in [-0.3, -0.25) is 9.10 Å². The van der Waals surface area contributed by atoms with Crippen LogP contribution in [-0.2, 0) is 34.1 Å². The van der Waals surface area contributed by atoms with Gasteiger partial charge in [0.2, 0.25) is 15.9 Å². The fraction of sp³-hybridized carbons (Fsp3) is 0.346. The number of carbonyl (C=O) groups excluding carboxylic acids is 1. The molecular weight excluding hydrogens is 420 g/mol. The largest absolute Gasteiger partial charge is 0.326 e. The standard InChI is InChI=1S/C26H30N2O3S/c1-4-19-9-5-8-18(2)26(19)28(32(3,30)31)17-7-12-24(29)27-23-16-15-21-14-13-20-10-6-11-22(23)25(20)21/h5-6,8-11,15-16H,4,7,12-14,17H2,1-3H3,(H,27,29). The van der Waals surface area contributed by atoms with E-state index in [2.05, 4.69) is 23.5 Å². The molecule has 1 N–H and O–H groups in total. The molecule has 3 aromatic rings. The van der Waals surface area contributed by atoms with Crippen LogP contribution in [-0.4, -0.2) is 27.1 Å². The topological polar surface area (TPSA) is 66.5 Å². The lowest BCUT2D eigenvalue weighted by molar-refractivity contribution is -0.116. The highest BCUT2D eigenvalue weighted by atomic mass is 32.2. The zero-order valence-corrected chi connectivity index (χ0v) is 19.8. The van der Waals surface area contributed by atoms with Gasteiger partial charge in [0, 0.05) is 24.0 Å². The summed E-state index contributed by atoms with van der Waals surface area (Å²) in [7, 11) is -3.46. The summed E-state index contributed by atoms with van der Waals surface area (Å²) in [5, 5.41) is 5.39. The molecule has 6 heteroatoms. The molecule has 0 bridgehead atoms. The molecule has 0 aromatic heterocycles. The second-order valence-electron chi connectivity index (χ2n) is 8.53. The normalized spacial score (nSPS) is 12.8. The number of amides is 1. The van der Waals surface area contributed by atoms with Crippen molar-refractivity contribution >= 4 is 38.1 Å². The van der Waals surface area contributed by atoms with Crippen LogP contribution in [0.4, 0.5) is 11.4 Å². The number of rotatable bonds is 8. The number of nitrogens with zero attached hydrogens (tertiary/aromatic N) is 1. The summed E-state index contributed by atoms with van der Waals surface area (Å²) in [5.41, 5.74) is 6.15. The highest BCUT2D eigenvalue weighted by molar-refractivity contribution is 7.92. The number of aryl methyl sites for hydroxylation is 4. The fourth-order valence-corrected chi connectivity index (χ4v) is 5.81. The van der Waals surface area contributed by atoms with Gasteiger partial charge >= 0.3 is 0 Å². The van der Waals surface area contributed by atoms with E-state index < -0.39 is 10.0 Å². The number of anilines is 2. The Hall–Kier alpha value is -2.86. The molecular formula is C26H30N2O3S. The van der Waals surface area contributed by atoms with Gasteiger partial charge in [-0.25, -0.2) is 8.42 Å². The van der Waals surface area contributed by atoms with Gasteiger partial charge in [-0.05, 0) is 66.3 Å². The van der Waals surface area contributed by atoms with E-state index in [1.165, 1.54) is 27.1 Å². The van der Waals surface area contributed by atoms with E-state index in [-0.39, 0.29) is 18.9 Å². The lowest BCUT2D eigenvalue weighted by atomic mass is 10.0. The highest BCUT2D eigenvalue weighted by Gasteiger charge is 2.22. The summed E-state index contributed by atoms with van der Waals surface area (Å²) < 4.78 is 26.6. The van der Waals surface area contributed by atoms with E-state index in [9.17, 15) is 13.2 Å². The van der Waals surface area contributed by atoms with Crippen LogP contribution < -0.4 is 9.62 Å². The molecule has 0 fully saturated rings. The van der Waals surface area contributed by atoms with Crippen LogP contribution in [0.25, 0.3) is 10.8 Å². The molecule has 1 aliphatic carbocycles. The fourth-order valence-electron chi connectivity index (χ4n) is 4.76. The number of hydrogen-bond donors (Lipinski definition) is 1. The van der Waals surface area contributed by atoms with Crippen LogP contribution >= 0.6 is 0 Å². The monoisotopic (exact) mass is 450 g/mol. The molecule has 1 amide bonds. The maximum absolute atomic E-state index is 12.7. The number of carbonyl (C=O) groups is 1. The average molecular weight is 451 g/mol. The van der Waals surface area contributed by atoms with E-state index in [4.69, 9.17) is 0 Å². The zero-order valence-electron chi connectivity index (χ0n) is 18.9. The summed E-state index contributed by atoms with van der Waals surface area (Å²) >= 11 is 0. The molecule has 0 spiro atoms. The maximum Gasteiger partial charge on any atom is 0.232 e. The molecule has 0 radical (unpaired) electrons. The van der Waals surface area contributed by atoms with Crippen LogP contribution in [0.2, 0.25) is 0 Å². The molecule has 1 aliphatic rings. The minimum atomic E-state index is -3.46. The summed E-state index contributed by atoms with van der Waals surface area (Å²) in [6.45, 7) is 4.22. The van der Waals surface area contributed by atoms with E-state index in [1.54, 1.807) is 0 Å². The summed E-state index contributed by atoms with van der Waals surface area (Å²) in [4.78, 5) is 12.7. The highest BCUT2D eigenvalue weighted by Crippen LogP contribution is 2.35. The third-order valence-electron chi connectivity index (χ3n) is 6.27. The first-order valence-electron chi connectivity index (χ1n) is 11.2. The molecule has 168 valence electrons. The van der Waals surface area contributed by atoms with Crippen LogP contribution in [0.15, 0.2) is 48.5 Å². The molecule has 0 unspecified atom stereocenters. The van der Waals surface area contributed by atoms with Crippen molar-refractivity contribution in [2.24, 2.45) is 0 Å². The first kappa shape index (κ1) is 22.3. The second-order valence-corrected chi connectivity index (χ2v) is 10.4. The Labute approximate surface area is 190 Å². The van der Waals surface area contributed by atoms with Crippen molar-refractivity contribution in [3.05, 3.63) is 70.8 Å². The quantitative estimate of drug-likeness (QED) is 0.526. The Kier molecular flexibility index (Phi) is 6.24. The summed E-state index contributed by atoms with van der Waals surface area (Å²) in [6.07, 6.45) is 4.76. The van der Waals surface area contributed by atoms with Crippen molar-refractivity contribution < 1.29 is 13.2 Å². The van der Waals surface area contributed by atoms with Gasteiger partial charge in [0.15, 0.2) is 0 Å². The van der Waals surface area contributed by atoms with Crippen molar-refractivity contribution in [2.45, 2.75) is 46.0 Å². The van der Waals surface area contributed by atoms with Crippen molar-refractivity contribution in [1.29, 1.82) is 0 Å². The van der Waals surface area contributed by atoms with Gasteiger partial charge in [-0.1, -0.05) is 49.4 Å². The first-order chi connectivity index (χ1) is 15.3.